The average Bonchev–Trinajstić information content (AvgIpc) is 3.03. The third-order valence-corrected chi connectivity index (χ3v) is 3.86. The SMILES string of the molecule is COc1cc(OC)c(/C=C(/C#N)c2nc3ccccc3[nH]2)cc1Cl. The van der Waals surface area contributed by atoms with Gasteiger partial charge in [0.2, 0.25) is 0 Å². The van der Waals surface area contributed by atoms with E-state index >= 15 is 0 Å². The number of rotatable bonds is 4. The van der Waals surface area contributed by atoms with Gasteiger partial charge in [-0.3, -0.25) is 0 Å². The molecule has 0 saturated heterocycles. The van der Waals surface area contributed by atoms with Crippen LogP contribution in [0, 0.1) is 11.3 Å². The van der Waals surface area contributed by atoms with Crippen molar-refractivity contribution in [2.75, 3.05) is 14.2 Å². The van der Waals surface area contributed by atoms with Crippen LogP contribution in [0.2, 0.25) is 5.02 Å². The predicted octanol–water partition coefficient (Wildman–Crippen LogP) is 4.30. The van der Waals surface area contributed by atoms with Crippen LogP contribution >= 0.6 is 11.6 Å². The molecular formula is C18H14ClN3O2. The molecular weight excluding hydrogens is 326 g/mol. The van der Waals surface area contributed by atoms with Gasteiger partial charge in [0.1, 0.15) is 23.4 Å². The molecule has 3 rings (SSSR count). The standard InChI is InChI=1S/C18H14ClN3O2/c1-23-16-9-17(24-2)13(19)8-11(16)7-12(10-20)18-21-14-5-3-4-6-15(14)22-18/h3-9H,1-2H3,(H,21,22)/b12-7-. The average molecular weight is 340 g/mol. The summed E-state index contributed by atoms with van der Waals surface area (Å²) in [7, 11) is 3.08. The zero-order valence-corrected chi connectivity index (χ0v) is 13.9. The fraction of sp³-hybridized carbons (Fsp3) is 0.111. The molecule has 6 heteroatoms. The van der Waals surface area contributed by atoms with Crippen LogP contribution in [0.1, 0.15) is 11.4 Å². The maximum Gasteiger partial charge on any atom is 0.149 e. The fourth-order valence-corrected chi connectivity index (χ4v) is 2.63. The number of fused-ring (bicyclic) bond motifs is 1. The number of nitrogens with one attached hydrogen (secondary N) is 1. The largest absolute Gasteiger partial charge is 0.496 e. The number of hydrogen-bond acceptors (Lipinski definition) is 4. The van der Waals surface area contributed by atoms with Crippen molar-refractivity contribution in [1.29, 1.82) is 5.26 Å². The number of nitriles is 1. The van der Waals surface area contributed by atoms with Crippen LogP contribution in [0.25, 0.3) is 22.7 Å². The van der Waals surface area contributed by atoms with E-state index in [0.29, 0.717) is 33.5 Å². The van der Waals surface area contributed by atoms with Gasteiger partial charge in [0.25, 0.3) is 0 Å². The van der Waals surface area contributed by atoms with Crippen LogP contribution in [0.5, 0.6) is 11.5 Å². The number of ether oxygens (including phenoxy) is 2. The third kappa shape index (κ3) is 2.92. The lowest BCUT2D eigenvalue weighted by atomic mass is 10.1. The van der Waals surface area contributed by atoms with Gasteiger partial charge in [-0.1, -0.05) is 23.7 Å². The molecule has 120 valence electrons. The second-order valence-corrected chi connectivity index (χ2v) is 5.41. The number of hydrogen-bond donors (Lipinski definition) is 1. The lowest BCUT2D eigenvalue weighted by molar-refractivity contribution is 0.394. The first-order chi connectivity index (χ1) is 11.7. The highest BCUT2D eigenvalue weighted by Crippen LogP contribution is 2.34. The lowest BCUT2D eigenvalue weighted by Crippen LogP contribution is -1.92. The summed E-state index contributed by atoms with van der Waals surface area (Å²) in [4.78, 5) is 7.59. The molecule has 0 saturated carbocycles. The molecule has 3 aromatic rings. The summed E-state index contributed by atoms with van der Waals surface area (Å²) in [6.45, 7) is 0. The van der Waals surface area contributed by atoms with Crippen molar-refractivity contribution < 1.29 is 9.47 Å². The Morgan fingerprint density at radius 3 is 2.62 bits per heavy atom. The molecule has 0 aliphatic carbocycles. The van der Waals surface area contributed by atoms with Crippen LogP contribution < -0.4 is 9.47 Å². The summed E-state index contributed by atoms with van der Waals surface area (Å²) < 4.78 is 10.5. The topological polar surface area (TPSA) is 70.9 Å². The van der Waals surface area contributed by atoms with Crippen molar-refractivity contribution >= 4 is 34.3 Å². The Kier molecular flexibility index (Phi) is 4.41. The third-order valence-electron chi connectivity index (χ3n) is 3.57. The molecule has 24 heavy (non-hydrogen) atoms. The number of benzene rings is 2. The highest BCUT2D eigenvalue weighted by molar-refractivity contribution is 6.32. The number of H-pyrrole nitrogens is 1. The first-order valence-electron chi connectivity index (χ1n) is 7.14. The van der Waals surface area contributed by atoms with Crippen molar-refractivity contribution in [2.24, 2.45) is 0 Å². The number of imidazole rings is 1. The molecule has 0 atom stereocenters. The fourth-order valence-electron chi connectivity index (χ4n) is 2.39. The number of nitrogens with zero attached hydrogens (tertiary/aromatic N) is 2. The van der Waals surface area contributed by atoms with E-state index in [1.807, 2.05) is 24.3 Å². The molecule has 0 bridgehead atoms. The highest BCUT2D eigenvalue weighted by atomic mass is 35.5. The van der Waals surface area contributed by atoms with Crippen LogP contribution in [0.15, 0.2) is 36.4 Å². The number of aromatic amines is 1. The zero-order valence-electron chi connectivity index (χ0n) is 13.1. The molecule has 5 nitrogen and oxygen atoms in total. The zero-order chi connectivity index (χ0) is 17.1. The Balaban J connectivity index is 2.11. The summed E-state index contributed by atoms with van der Waals surface area (Å²) in [6.07, 6.45) is 1.68. The first kappa shape index (κ1) is 15.9. The Bertz CT molecular complexity index is 937. The van der Waals surface area contributed by atoms with Crippen molar-refractivity contribution in [1.82, 2.24) is 9.97 Å². The van der Waals surface area contributed by atoms with Gasteiger partial charge in [0.05, 0.1) is 35.8 Å². The van der Waals surface area contributed by atoms with E-state index in [2.05, 4.69) is 16.0 Å². The van der Waals surface area contributed by atoms with Crippen LogP contribution in [0.3, 0.4) is 0 Å². The van der Waals surface area contributed by atoms with E-state index < -0.39 is 0 Å². The molecule has 2 aromatic carbocycles. The number of methoxy groups -OCH3 is 2. The highest BCUT2D eigenvalue weighted by Gasteiger charge is 2.12. The number of aromatic nitrogens is 2. The summed E-state index contributed by atoms with van der Waals surface area (Å²) in [5.41, 5.74) is 2.72. The Hall–Kier alpha value is -2.97. The van der Waals surface area contributed by atoms with Crippen LogP contribution in [-0.2, 0) is 0 Å². The number of halogens is 1. The van der Waals surface area contributed by atoms with Gasteiger partial charge in [0.15, 0.2) is 0 Å². The van der Waals surface area contributed by atoms with Crippen LogP contribution in [-0.4, -0.2) is 24.2 Å². The van der Waals surface area contributed by atoms with Gasteiger partial charge in [-0.25, -0.2) is 4.98 Å². The van der Waals surface area contributed by atoms with Gasteiger partial charge in [0, 0.05) is 11.6 Å². The Morgan fingerprint density at radius 2 is 1.96 bits per heavy atom. The second-order valence-electron chi connectivity index (χ2n) is 5.00. The second kappa shape index (κ2) is 6.65. The maximum atomic E-state index is 9.52. The van der Waals surface area contributed by atoms with E-state index in [0.717, 1.165) is 11.0 Å². The first-order valence-corrected chi connectivity index (χ1v) is 7.52. The normalized spacial score (nSPS) is 11.3. The molecule has 1 N–H and O–H groups in total. The maximum absolute atomic E-state index is 9.52. The Labute approximate surface area is 144 Å². The number of allylic oxidation sites excluding steroid dienone is 1. The molecule has 0 unspecified atom stereocenters. The van der Waals surface area contributed by atoms with Crippen molar-refractivity contribution in [3.8, 4) is 17.6 Å². The minimum Gasteiger partial charge on any atom is -0.496 e. The molecule has 0 aliphatic heterocycles. The van der Waals surface area contributed by atoms with E-state index in [4.69, 9.17) is 21.1 Å². The van der Waals surface area contributed by atoms with E-state index in [1.54, 1.807) is 25.3 Å². The molecule has 1 heterocycles. The van der Waals surface area contributed by atoms with Gasteiger partial charge < -0.3 is 14.5 Å². The van der Waals surface area contributed by atoms with Crippen molar-refractivity contribution in [2.45, 2.75) is 0 Å². The summed E-state index contributed by atoms with van der Waals surface area (Å²) in [5, 5.41) is 9.96. The van der Waals surface area contributed by atoms with Gasteiger partial charge in [-0.15, -0.1) is 0 Å². The van der Waals surface area contributed by atoms with E-state index in [1.165, 1.54) is 7.11 Å². The Morgan fingerprint density at radius 1 is 1.21 bits per heavy atom. The predicted molar refractivity (Wildman–Crippen MR) is 94.1 cm³/mol. The van der Waals surface area contributed by atoms with Gasteiger partial charge in [-0.2, -0.15) is 5.26 Å². The van der Waals surface area contributed by atoms with E-state index in [9.17, 15) is 5.26 Å². The number of para-hydroxylation sites is 2. The minimum absolute atomic E-state index is 0.380. The van der Waals surface area contributed by atoms with Crippen LogP contribution in [0.4, 0.5) is 0 Å². The summed E-state index contributed by atoms with van der Waals surface area (Å²) in [5.74, 6) is 1.56. The molecule has 0 spiro atoms. The van der Waals surface area contributed by atoms with Gasteiger partial charge in [-0.05, 0) is 24.3 Å². The smallest absolute Gasteiger partial charge is 0.149 e. The summed E-state index contributed by atoms with van der Waals surface area (Å²) in [6, 6.07) is 13.1. The monoisotopic (exact) mass is 339 g/mol. The van der Waals surface area contributed by atoms with Gasteiger partial charge >= 0.3 is 0 Å². The quantitative estimate of drug-likeness (QED) is 0.719. The van der Waals surface area contributed by atoms with Crippen molar-refractivity contribution in [3.63, 3.8) is 0 Å². The molecule has 0 amide bonds. The molecule has 0 radical (unpaired) electrons. The van der Waals surface area contributed by atoms with E-state index in [-0.39, 0.29) is 0 Å². The molecule has 0 aliphatic rings. The minimum atomic E-state index is 0.380. The molecule has 1 aromatic heterocycles. The lowest BCUT2D eigenvalue weighted by Gasteiger charge is -2.09. The molecule has 0 fully saturated rings. The van der Waals surface area contributed by atoms with Crippen molar-refractivity contribution in [3.05, 3.63) is 52.8 Å². The summed E-state index contributed by atoms with van der Waals surface area (Å²) >= 11 is 6.18.